The molecule has 0 unspecified atom stereocenters. The van der Waals surface area contributed by atoms with Crippen molar-refractivity contribution in [2.45, 2.75) is 31.8 Å². The Hall–Kier alpha value is -0.840. The lowest BCUT2D eigenvalue weighted by atomic mass is 10.1. The summed E-state index contributed by atoms with van der Waals surface area (Å²) < 4.78 is 4.99. The molecule has 18 heavy (non-hydrogen) atoms. The molecular formula is C12H18Cl2N2O2. The molecule has 1 N–H and O–H groups in total. The Bertz CT molecular complexity index is 362. The van der Waals surface area contributed by atoms with E-state index in [1.54, 1.807) is 6.20 Å². The molecule has 2 atom stereocenters. The second-order valence-electron chi connectivity index (χ2n) is 3.89. The van der Waals surface area contributed by atoms with Gasteiger partial charge in [0.15, 0.2) is 0 Å². The van der Waals surface area contributed by atoms with E-state index in [-0.39, 0.29) is 42.9 Å². The van der Waals surface area contributed by atoms with Crippen molar-refractivity contribution >= 4 is 30.8 Å². The highest BCUT2D eigenvalue weighted by atomic mass is 35.5. The number of esters is 1. The van der Waals surface area contributed by atoms with Crippen molar-refractivity contribution < 1.29 is 9.53 Å². The zero-order valence-corrected chi connectivity index (χ0v) is 11.8. The van der Waals surface area contributed by atoms with Crippen LogP contribution in [0.15, 0.2) is 24.5 Å². The molecule has 0 saturated carbocycles. The quantitative estimate of drug-likeness (QED) is 0.869. The van der Waals surface area contributed by atoms with Crippen molar-refractivity contribution in [3.05, 3.63) is 30.1 Å². The summed E-state index contributed by atoms with van der Waals surface area (Å²) >= 11 is 0. The van der Waals surface area contributed by atoms with Crippen LogP contribution in [-0.2, 0) is 9.53 Å². The Morgan fingerprint density at radius 3 is 2.89 bits per heavy atom. The smallest absolute Gasteiger partial charge is 0.323 e. The maximum absolute atomic E-state index is 11.5. The minimum Gasteiger partial charge on any atom is -0.465 e. The number of hydrogen-bond acceptors (Lipinski definition) is 4. The Labute approximate surface area is 119 Å². The zero-order chi connectivity index (χ0) is 11.4. The summed E-state index contributed by atoms with van der Waals surface area (Å²) in [6, 6.07) is 4.00. The molecule has 4 nitrogen and oxygen atoms in total. The van der Waals surface area contributed by atoms with E-state index in [0.717, 1.165) is 18.4 Å². The lowest BCUT2D eigenvalue weighted by Crippen LogP contribution is -2.33. The molecule has 1 aromatic heterocycles. The molecule has 0 radical (unpaired) electrons. The van der Waals surface area contributed by atoms with Crippen LogP contribution in [0.2, 0.25) is 0 Å². The fraction of sp³-hybridized carbons (Fsp3) is 0.500. The van der Waals surface area contributed by atoms with Crippen LogP contribution < -0.4 is 5.32 Å². The molecule has 1 aromatic rings. The van der Waals surface area contributed by atoms with Crippen molar-refractivity contribution in [2.75, 3.05) is 6.61 Å². The minimum absolute atomic E-state index is 0. The highest BCUT2D eigenvalue weighted by molar-refractivity contribution is 5.85. The van der Waals surface area contributed by atoms with E-state index < -0.39 is 0 Å². The third-order valence-electron chi connectivity index (χ3n) is 2.80. The summed E-state index contributed by atoms with van der Waals surface area (Å²) in [6.45, 7) is 2.26. The van der Waals surface area contributed by atoms with Crippen molar-refractivity contribution in [1.29, 1.82) is 0 Å². The van der Waals surface area contributed by atoms with Crippen LogP contribution in [0.5, 0.6) is 0 Å². The number of aromatic nitrogens is 1. The first-order valence-corrected chi connectivity index (χ1v) is 5.64. The van der Waals surface area contributed by atoms with Crippen LogP contribution in [0.1, 0.15) is 31.4 Å². The molecule has 102 valence electrons. The number of rotatable bonds is 3. The van der Waals surface area contributed by atoms with Gasteiger partial charge in [-0.25, -0.2) is 0 Å². The van der Waals surface area contributed by atoms with Gasteiger partial charge < -0.3 is 4.74 Å². The van der Waals surface area contributed by atoms with E-state index >= 15 is 0 Å². The van der Waals surface area contributed by atoms with E-state index in [4.69, 9.17) is 4.74 Å². The number of pyridine rings is 1. The molecule has 1 saturated heterocycles. The van der Waals surface area contributed by atoms with Gasteiger partial charge in [0.1, 0.15) is 6.04 Å². The molecule has 2 rings (SSSR count). The first-order chi connectivity index (χ1) is 7.81. The highest BCUT2D eigenvalue weighted by Crippen LogP contribution is 2.26. The number of hydrogen-bond donors (Lipinski definition) is 1. The van der Waals surface area contributed by atoms with Gasteiger partial charge in [-0.15, -0.1) is 24.8 Å². The van der Waals surface area contributed by atoms with E-state index in [9.17, 15) is 4.79 Å². The van der Waals surface area contributed by atoms with E-state index in [1.807, 2.05) is 25.3 Å². The standard InChI is InChI=1S/C12H16N2O2.2ClH/c1-2-16-12(15)11-6-5-10(14-11)9-4-3-7-13-8-9;;/h3-4,7-8,10-11,14H,2,5-6H2,1H3;2*1H/t10-,11+;;/m1../s1. The number of nitrogens with one attached hydrogen (secondary N) is 1. The number of carbonyl (C=O) groups excluding carboxylic acids is 1. The molecule has 1 aliphatic heterocycles. The monoisotopic (exact) mass is 292 g/mol. The second-order valence-corrected chi connectivity index (χ2v) is 3.89. The predicted octanol–water partition coefficient (Wildman–Crippen LogP) is 2.28. The van der Waals surface area contributed by atoms with Crippen molar-refractivity contribution in [2.24, 2.45) is 0 Å². The summed E-state index contributed by atoms with van der Waals surface area (Å²) in [6.07, 6.45) is 5.38. The predicted molar refractivity (Wildman–Crippen MR) is 74.3 cm³/mol. The number of carbonyl (C=O) groups is 1. The van der Waals surface area contributed by atoms with E-state index in [0.29, 0.717) is 6.61 Å². The van der Waals surface area contributed by atoms with Gasteiger partial charge in [-0.3, -0.25) is 15.1 Å². The maximum atomic E-state index is 11.5. The van der Waals surface area contributed by atoms with Gasteiger partial charge >= 0.3 is 5.97 Å². The molecule has 0 aliphatic carbocycles. The molecule has 6 heteroatoms. The highest BCUT2D eigenvalue weighted by Gasteiger charge is 2.30. The number of halogens is 2. The lowest BCUT2D eigenvalue weighted by Gasteiger charge is -2.13. The van der Waals surface area contributed by atoms with Crippen LogP contribution in [0, 0.1) is 0 Å². The Morgan fingerprint density at radius 1 is 1.50 bits per heavy atom. The lowest BCUT2D eigenvalue weighted by molar-refractivity contribution is -0.145. The van der Waals surface area contributed by atoms with Gasteiger partial charge in [0.25, 0.3) is 0 Å². The minimum atomic E-state index is -0.162. The first-order valence-electron chi connectivity index (χ1n) is 5.64. The second kappa shape index (κ2) is 8.29. The Morgan fingerprint density at radius 2 is 2.28 bits per heavy atom. The summed E-state index contributed by atoms with van der Waals surface area (Å²) in [5.74, 6) is -0.145. The SMILES string of the molecule is CCOC(=O)[C@@H]1CC[C@H](c2cccnc2)N1.Cl.Cl. The number of ether oxygens (including phenoxy) is 1. The van der Waals surface area contributed by atoms with Gasteiger partial charge in [-0.05, 0) is 31.4 Å². The van der Waals surface area contributed by atoms with Gasteiger partial charge in [0.05, 0.1) is 6.61 Å². The largest absolute Gasteiger partial charge is 0.465 e. The fourth-order valence-electron chi connectivity index (χ4n) is 2.02. The van der Waals surface area contributed by atoms with Crippen LogP contribution >= 0.6 is 24.8 Å². The topological polar surface area (TPSA) is 51.2 Å². The summed E-state index contributed by atoms with van der Waals surface area (Å²) in [5.41, 5.74) is 1.13. The number of nitrogens with zero attached hydrogens (tertiary/aromatic N) is 1. The first kappa shape index (κ1) is 17.2. The van der Waals surface area contributed by atoms with E-state index in [1.165, 1.54) is 0 Å². The van der Waals surface area contributed by atoms with Crippen molar-refractivity contribution in [3.8, 4) is 0 Å². The average molecular weight is 293 g/mol. The van der Waals surface area contributed by atoms with Crippen molar-refractivity contribution in [3.63, 3.8) is 0 Å². The molecule has 2 heterocycles. The van der Waals surface area contributed by atoms with Crippen LogP contribution in [0.25, 0.3) is 0 Å². The molecule has 1 fully saturated rings. The fourth-order valence-corrected chi connectivity index (χ4v) is 2.02. The molecule has 1 aliphatic rings. The zero-order valence-electron chi connectivity index (χ0n) is 10.2. The van der Waals surface area contributed by atoms with E-state index in [2.05, 4.69) is 10.3 Å². The van der Waals surface area contributed by atoms with Gasteiger partial charge in [-0.2, -0.15) is 0 Å². The molecule has 0 amide bonds. The molecule has 0 spiro atoms. The van der Waals surface area contributed by atoms with Gasteiger partial charge in [0.2, 0.25) is 0 Å². The average Bonchev–Trinajstić information content (AvgIpc) is 2.80. The van der Waals surface area contributed by atoms with Gasteiger partial charge in [-0.1, -0.05) is 6.07 Å². The van der Waals surface area contributed by atoms with Crippen LogP contribution in [-0.4, -0.2) is 23.6 Å². The molecule has 0 aromatic carbocycles. The van der Waals surface area contributed by atoms with Gasteiger partial charge in [0, 0.05) is 18.4 Å². The molecular weight excluding hydrogens is 275 g/mol. The Balaban J connectivity index is 0.00000144. The summed E-state index contributed by atoms with van der Waals surface area (Å²) in [4.78, 5) is 15.6. The normalized spacial score (nSPS) is 21.6. The third-order valence-corrected chi connectivity index (χ3v) is 2.80. The van der Waals surface area contributed by atoms with Crippen molar-refractivity contribution in [1.82, 2.24) is 10.3 Å². The van der Waals surface area contributed by atoms with Crippen LogP contribution in [0.3, 0.4) is 0 Å². The third kappa shape index (κ3) is 4.12. The van der Waals surface area contributed by atoms with Crippen LogP contribution in [0.4, 0.5) is 0 Å². The summed E-state index contributed by atoms with van der Waals surface area (Å²) in [7, 11) is 0. The maximum Gasteiger partial charge on any atom is 0.323 e. The summed E-state index contributed by atoms with van der Waals surface area (Å²) in [5, 5.41) is 3.28. The Kier molecular flexibility index (Phi) is 7.91. The molecule has 0 bridgehead atoms.